The van der Waals surface area contributed by atoms with Gasteiger partial charge in [-0.3, -0.25) is 9.59 Å². The molecule has 0 aliphatic heterocycles. The Morgan fingerprint density at radius 3 is 1.26 bits per heavy atom. The molecule has 0 saturated heterocycles. The SMILES string of the molecule is Cc1ccc(OCCCCCn2c3ccccc3c(=O)c3cc4c(cc32)c(=O)c2ccccc2n4CCCCCOc2ccc(C)cc2)cc1. The van der Waals surface area contributed by atoms with Crippen LogP contribution in [0.2, 0.25) is 0 Å². The Kier molecular flexibility index (Phi) is 9.97. The van der Waals surface area contributed by atoms with Crippen molar-refractivity contribution in [3.8, 4) is 11.5 Å². The standard InChI is InChI=1S/C44H44N2O4/c1-31-17-21-33(22-18-31)49-27-11-3-9-25-45-39-15-7-5-13-35(39)43(47)37-30-42-38(29-41(37)45)44(48)36-14-6-8-16-40(36)46(42)26-10-4-12-28-50-34-23-19-32(2)20-24-34/h5-8,13-24,29-30H,3-4,9-12,25-28H2,1-2H3. The molecule has 0 bridgehead atoms. The van der Waals surface area contributed by atoms with Crippen LogP contribution in [0.1, 0.15) is 49.7 Å². The lowest BCUT2D eigenvalue weighted by atomic mass is 10.0. The predicted molar refractivity (Wildman–Crippen MR) is 206 cm³/mol. The maximum atomic E-state index is 14.1. The molecule has 0 aliphatic carbocycles. The smallest absolute Gasteiger partial charge is 0.197 e. The molecule has 0 spiro atoms. The molecule has 7 rings (SSSR count). The van der Waals surface area contributed by atoms with Crippen molar-refractivity contribution < 1.29 is 9.47 Å². The third-order valence-corrected chi connectivity index (χ3v) is 9.70. The number of fused-ring (bicyclic) bond motifs is 4. The molecule has 50 heavy (non-hydrogen) atoms. The van der Waals surface area contributed by atoms with Crippen molar-refractivity contribution in [2.45, 2.75) is 65.5 Å². The first-order chi connectivity index (χ1) is 24.5. The molecular formula is C44H44N2O4. The highest BCUT2D eigenvalue weighted by molar-refractivity contribution is 6.03. The van der Waals surface area contributed by atoms with Gasteiger partial charge in [-0.15, -0.1) is 0 Å². The number of pyridine rings is 2. The number of benzene rings is 5. The first-order valence-corrected chi connectivity index (χ1v) is 17.9. The summed E-state index contributed by atoms with van der Waals surface area (Å²) >= 11 is 0. The predicted octanol–water partition coefficient (Wildman–Crippen LogP) is 9.74. The Morgan fingerprint density at radius 1 is 0.440 bits per heavy atom. The second-order valence-electron chi connectivity index (χ2n) is 13.3. The number of unbranched alkanes of at least 4 members (excludes halogenated alkanes) is 4. The molecule has 2 heterocycles. The molecule has 6 nitrogen and oxygen atoms in total. The van der Waals surface area contributed by atoms with Gasteiger partial charge >= 0.3 is 0 Å². The van der Waals surface area contributed by atoms with Gasteiger partial charge in [0.1, 0.15) is 11.5 Å². The fraction of sp³-hybridized carbons (Fsp3) is 0.273. The van der Waals surface area contributed by atoms with Gasteiger partial charge in [-0.25, -0.2) is 0 Å². The van der Waals surface area contributed by atoms with E-state index in [1.807, 2.05) is 84.9 Å². The van der Waals surface area contributed by atoms with Crippen molar-refractivity contribution >= 4 is 43.6 Å². The first kappa shape index (κ1) is 33.2. The molecule has 7 aromatic rings. The van der Waals surface area contributed by atoms with Gasteiger partial charge in [-0.05, 0) is 113 Å². The number of para-hydroxylation sites is 2. The van der Waals surface area contributed by atoms with Gasteiger partial charge < -0.3 is 18.6 Å². The zero-order valence-electron chi connectivity index (χ0n) is 29.0. The first-order valence-electron chi connectivity index (χ1n) is 17.9. The van der Waals surface area contributed by atoms with E-state index in [2.05, 4.69) is 47.2 Å². The minimum absolute atomic E-state index is 0.000611. The van der Waals surface area contributed by atoms with Gasteiger partial charge in [-0.1, -0.05) is 59.7 Å². The molecule has 0 saturated carbocycles. The van der Waals surface area contributed by atoms with E-state index in [1.54, 1.807) is 0 Å². The molecule has 0 radical (unpaired) electrons. The van der Waals surface area contributed by atoms with E-state index in [0.29, 0.717) is 34.8 Å². The Labute approximate surface area is 292 Å². The largest absolute Gasteiger partial charge is 0.494 e. The summed E-state index contributed by atoms with van der Waals surface area (Å²) in [4.78, 5) is 28.1. The summed E-state index contributed by atoms with van der Waals surface area (Å²) in [5.74, 6) is 1.79. The monoisotopic (exact) mass is 664 g/mol. The fourth-order valence-electron chi connectivity index (χ4n) is 6.97. The van der Waals surface area contributed by atoms with Crippen molar-refractivity contribution in [2.24, 2.45) is 0 Å². The van der Waals surface area contributed by atoms with Crippen LogP contribution < -0.4 is 20.3 Å². The number of rotatable bonds is 14. The molecule has 2 aromatic heterocycles. The van der Waals surface area contributed by atoms with Crippen LogP contribution in [-0.4, -0.2) is 22.3 Å². The molecule has 0 fully saturated rings. The topological polar surface area (TPSA) is 62.5 Å². The van der Waals surface area contributed by atoms with Crippen LogP contribution in [0.25, 0.3) is 43.6 Å². The Balaban J connectivity index is 1.16. The van der Waals surface area contributed by atoms with Crippen LogP contribution in [0, 0.1) is 13.8 Å². The summed E-state index contributed by atoms with van der Waals surface area (Å²) in [6.07, 6.45) is 5.67. The minimum atomic E-state index is 0.000611. The van der Waals surface area contributed by atoms with Crippen molar-refractivity contribution in [3.05, 3.63) is 141 Å². The number of aryl methyl sites for hydroxylation is 4. The molecule has 5 aromatic carbocycles. The average molecular weight is 665 g/mol. The quantitative estimate of drug-likeness (QED) is 0.0858. The number of hydrogen-bond acceptors (Lipinski definition) is 4. The highest BCUT2D eigenvalue weighted by Gasteiger charge is 2.17. The third-order valence-electron chi connectivity index (χ3n) is 9.70. The molecule has 0 N–H and O–H groups in total. The zero-order chi connectivity index (χ0) is 34.5. The van der Waals surface area contributed by atoms with E-state index < -0.39 is 0 Å². The summed E-state index contributed by atoms with van der Waals surface area (Å²) in [5.41, 5.74) is 5.85. The second-order valence-corrected chi connectivity index (χ2v) is 13.3. The maximum absolute atomic E-state index is 14.1. The van der Waals surface area contributed by atoms with E-state index in [0.717, 1.165) is 85.2 Å². The molecular weight excluding hydrogens is 620 g/mol. The summed E-state index contributed by atoms with van der Waals surface area (Å²) < 4.78 is 16.4. The van der Waals surface area contributed by atoms with Crippen LogP contribution in [0.5, 0.6) is 11.5 Å². The molecule has 0 aliphatic rings. The van der Waals surface area contributed by atoms with Gasteiger partial charge in [-0.2, -0.15) is 0 Å². The average Bonchev–Trinajstić information content (AvgIpc) is 3.14. The Hall–Kier alpha value is -5.36. The van der Waals surface area contributed by atoms with Crippen LogP contribution in [0.15, 0.2) is 119 Å². The highest BCUT2D eigenvalue weighted by atomic mass is 16.5. The van der Waals surface area contributed by atoms with Gasteiger partial charge in [0.05, 0.1) is 35.3 Å². The summed E-state index contributed by atoms with van der Waals surface area (Å²) in [5, 5.41) is 2.69. The maximum Gasteiger partial charge on any atom is 0.197 e. The molecule has 0 unspecified atom stereocenters. The fourth-order valence-corrected chi connectivity index (χ4v) is 6.97. The normalized spacial score (nSPS) is 11.6. The highest BCUT2D eigenvalue weighted by Crippen LogP contribution is 2.27. The van der Waals surface area contributed by atoms with Gasteiger partial charge in [0.15, 0.2) is 10.9 Å². The second kappa shape index (κ2) is 15.0. The van der Waals surface area contributed by atoms with Gasteiger partial charge in [0, 0.05) is 34.6 Å². The van der Waals surface area contributed by atoms with E-state index in [1.165, 1.54) is 11.1 Å². The van der Waals surface area contributed by atoms with Crippen LogP contribution in [-0.2, 0) is 13.1 Å². The molecule has 0 atom stereocenters. The lowest BCUT2D eigenvalue weighted by Gasteiger charge is -2.19. The number of ether oxygens (including phenoxy) is 2. The lowest BCUT2D eigenvalue weighted by Crippen LogP contribution is -2.16. The van der Waals surface area contributed by atoms with Crippen LogP contribution >= 0.6 is 0 Å². The van der Waals surface area contributed by atoms with E-state index in [-0.39, 0.29) is 10.9 Å². The van der Waals surface area contributed by atoms with Gasteiger partial charge in [0.2, 0.25) is 0 Å². The molecule has 6 heteroatoms. The van der Waals surface area contributed by atoms with E-state index >= 15 is 0 Å². The molecule has 254 valence electrons. The van der Waals surface area contributed by atoms with Crippen LogP contribution in [0.4, 0.5) is 0 Å². The number of hydrogen-bond donors (Lipinski definition) is 0. The van der Waals surface area contributed by atoms with Crippen LogP contribution in [0.3, 0.4) is 0 Å². The third kappa shape index (κ3) is 7.02. The van der Waals surface area contributed by atoms with Crippen molar-refractivity contribution in [2.75, 3.05) is 13.2 Å². The Morgan fingerprint density at radius 2 is 0.840 bits per heavy atom. The van der Waals surface area contributed by atoms with Gasteiger partial charge in [0.25, 0.3) is 0 Å². The number of nitrogens with zero attached hydrogens (tertiary/aromatic N) is 2. The summed E-state index contributed by atoms with van der Waals surface area (Å²) in [6, 6.07) is 35.9. The van der Waals surface area contributed by atoms with E-state index in [9.17, 15) is 9.59 Å². The van der Waals surface area contributed by atoms with Crippen molar-refractivity contribution in [3.63, 3.8) is 0 Å². The summed E-state index contributed by atoms with van der Waals surface area (Å²) in [7, 11) is 0. The Bertz CT molecular complexity index is 2220. The summed E-state index contributed by atoms with van der Waals surface area (Å²) in [6.45, 7) is 6.93. The van der Waals surface area contributed by atoms with Crippen molar-refractivity contribution in [1.82, 2.24) is 9.13 Å². The van der Waals surface area contributed by atoms with E-state index in [4.69, 9.17) is 9.47 Å². The molecule has 0 amide bonds. The minimum Gasteiger partial charge on any atom is -0.494 e. The zero-order valence-corrected chi connectivity index (χ0v) is 29.0. The number of aromatic nitrogens is 2. The van der Waals surface area contributed by atoms with Crippen molar-refractivity contribution in [1.29, 1.82) is 0 Å². The lowest BCUT2D eigenvalue weighted by molar-refractivity contribution is 0.304.